The summed E-state index contributed by atoms with van der Waals surface area (Å²) in [5.41, 5.74) is 2.62. The summed E-state index contributed by atoms with van der Waals surface area (Å²) in [5.74, 6) is 0. The minimum absolute atomic E-state index is 0. The fourth-order valence-corrected chi connectivity index (χ4v) is 8.31. The molecule has 0 aliphatic carbocycles. The number of hydrogen-bond acceptors (Lipinski definition) is 5. The van der Waals surface area contributed by atoms with E-state index in [-0.39, 0.29) is 6.90 Å². The molecule has 0 spiro atoms. The summed E-state index contributed by atoms with van der Waals surface area (Å²) in [4.78, 5) is 11.2. The van der Waals surface area contributed by atoms with Crippen LogP contribution in [0.1, 0.15) is 12.6 Å². The molecule has 260 valence electrons. The summed E-state index contributed by atoms with van der Waals surface area (Å²) >= 11 is 7.11. The van der Waals surface area contributed by atoms with Crippen LogP contribution in [0.15, 0.2) is 196 Å². The van der Waals surface area contributed by atoms with E-state index in [0.29, 0.717) is 10.9 Å². The van der Waals surface area contributed by atoms with Gasteiger partial charge >= 0.3 is 1.43 Å². The number of benzene rings is 6. The highest BCUT2D eigenvalue weighted by atomic mass is 32.2. The van der Waals surface area contributed by atoms with Gasteiger partial charge in [0.15, 0.2) is 4.90 Å². The van der Waals surface area contributed by atoms with Crippen molar-refractivity contribution in [3.63, 3.8) is 0 Å². The van der Waals surface area contributed by atoms with Crippen molar-refractivity contribution in [2.45, 2.75) is 57.9 Å². The van der Waals surface area contributed by atoms with Crippen LogP contribution in [0.5, 0.6) is 0 Å². The first kappa shape index (κ1) is 41.6. The monoisotopic (exact) mass is 774 g/mol. The Kier molecular flexibility index (Phi) is 18.5. The van der Waals surface area contributed by atoms with Crippen molar-refractivity contribution in [3.05, 3.63) is 163 Å². The van der Waals surface area contributed by atoms with E-state index in [1.165, 1.54) is 50.3 Å². The van der Waals surface area contributed by atoms with Crippen LogP contribution in [0, 0.1) is 13.8 Å². The highest BCUT2D eigenvalue weighted by Crippen LogP contribution is 2.30. The SMILES string of the molecule is CS(=O)c1ccc(Sc2ccccc2)cc1.CSc1ccc(Sc2ccc(C)cc2)cc1.Cc1ccc(Sc2ccc([S+](C)C)cc2)cc1.O.[H+]. The lowest BCUT2D eigenvalue weighted by molar-refractivity contribution is 0.686. The number of hydrogen-bond donors (Lipinski definition) is 0. The molecule has 8 heteroatoms. The minimum atomic E-state index is -0.893. The van der Waals surface area contributed by atoms with Gasteiger partial charge in [0.25, 0.3) is 0 Å². The Bertz CT molecular complexity index is 1850. The molecule has 0 heterocycles. The maximum Gasteiger partial charge on any atom is 1.00 e. The second kappa shape index (κ2) is 22.2. The predicted molar refractivity (Wildman–Crippen MR) is 227 cm³/mol. The smallest absolute Gasteiger partial charge is 0.412 e. The van der Waals surface area contributed by atoms with E-state index in [4.69, 9.17) is 0 Å². The Balaban J connectivity index is 0.000000260. The molecule has 0 saturated heterocycles. The van der Waals surface area contributed by atoms with Gasteiger partial charge in [-0.15, -0.1) is 11.8 Å². The van der Waals surface area contributed by atoms with E-state index in [1.807, 2.05) is 54.2 Å². The van der Waals surface area contributed by atoms with Gasteiger partial charge in [-0.2, -0.15) is 0 Å². The van der Waals surface area contributed by atoms with Gasteiger partial charge in [-0.1, -0.05) is 88.9 Å². The Morgan fingerprint density at radius 2 is 0.800 bits per heavy atom. The molecule has 2 nitrogen and oxygen atoms in total. The number of aryl methyl sites for hydroxylation is 2. The average Bonchev–Trinajstić information content (AvgIpc) is 3.12. The van der Waals surface area contributed by atoms with Crippen LogP contribution in [0.3, 0.4) is 0 Å². The molecule has 6 aromatic rings. The lowest BCUT2D eigenvalue weighted by Gasteiger charge is -2.03. The van der Waals surface area contributed by atoms with Crippen LogP contribution in [-0.2, 0) is 21.7 Å². The van der Waals surface area contributed by atoms with Crippen LogP contribution in [0.4, 0.5) is 0 Å². The van der Waals surface area contributed by atoms with Crippen LogP contribution in [0.25, 0.3) is 0 Å². The van der Waals surface area contributed by atoms with E-state index in [2.05, 4.69) is 142 Å². The third kappa shape index (κ3) is 14.8. The molecule has 0 amide bonds. The van der Waals surface area contributed by atoms with Gasteiger partial charge in [0.2, 0.25) is 0 Å². The van der Waals surface area contributed by atoms with Gasteiger partial charge in [-0.3, -0.25) is 4.21 Å². The molecule has 2 N–H and O–H groups in total. The van der Waals surface area contributed by atoms with Crippen LogP contribution >= 0.6 is 47.0 Å². The Morgan fingerprint density at radius 3 is 1.16 bits per heavy atom. The van der Waals surface area contributed by atoms with Gasteiger partial charge in [-0.25, -0.2) is 0 Å². The van der Waals surface area contributed by atoms with Crippen molar-refractivity contribution in [2.75, 3.05) is 25.0 Å². The fraction of sp³-hybridized carbons (Fsp3) is 0.143. The van der Waals surface area contributed by atoms with Crippen molar-refractivity contribution in [1.82, 2.24) is 0 Å². The molecule has 6 aromatic carbocycles. The molecule has 0 saturated carbocycles. The molecule has 6 rings (SSSR count). The summed E-state index contributed by atoms with van der Waals surface area (Å²) < 4.78 is 11.2. The molecule has 0 fully saturated rings. The molecule has 50 heavy (non-hydrogen) atoms. The van der Waals surface area contributed by atoms with Crippen molar-refractivity contribution in [2.24, 2.45) is 0 Å². The summed E-state index contributed by atoms with van der Waals surface area (Å²) in [5, 5.41) is 0. The van der Waals surface area contributed by atoms with Gasteiger partial charge in [-0.05, 0) is 129 Å². The van der Waals surface area contributed by atoms with E-state index >= 15 is 0 Å². The molecule has 0 aromatic heterocycles. The first-order valence-corrected chi connectivity index (χ1v) is 22.9. The average molecular weight is 775 g/mol. The van der Waals surface area contributed by atoms with Gasteiger partial charge in [0.1, 0.15) is 12.5 Å². The zero-order valence-corrected chi connectivity index (χ0v) is 34.2. The van der Waals surface area contributed by atoms with Gasteiger partial charge < -0.3 is 5.48 Å². The predicted octanol–water partition coefficient (Wildman–Crippen LogP) is 12.1. The fourth-order valence-electron chi connectivity index (χ4n) is 4.23. The number of thioether (sulfide) groups is 1. The molecule has 1 unspecified atom stereocenters. The first-order chi connectivity index (χ1) is 23.7. The highest BCUT2D eigenvalue weighted by molar-refractivity contribution is 8.00. The molecule has 1 atom stereocenters. The zero-order chi connectivity index (χ0) is 35.0. The third-order valence-corrected chi connectivity index (χ3v) is 12.9. The van der Waals surface area contributed by atoms with Crippen LogP contribution in [0.2, 0.25) is 0 Å². The lowest BCUT2D eigenvalue weighted by atomic mass is 10.2. The Morgan fingerprint density at radius 1 is 0.480 bits per heavy atom. The second-order valence-corrected chi connectivity index (χ2v) is 18.9. The molecule has 0 aliphatic heterocycles. The molecule has 0 aliphatic rings. The van der Waals surface area contributed by atoms with Crippen molar-refractivity contribution >= 4 is 68.7 Å². The van der Waals surface area contributed by atoms with E-state index in [1.54, 1.807) is 41.5 Å². The molecular weight excluding hydrogens is 729 g/mol. The van der Waals surface area contributed by atoms with Gasteiger partial charge in [0.05, 0.1) is 0 Å². The van der Waals surface area contributed by atoms with Crippen molar-refractivity contribution < 1.29 is 11.1 Å². The molecule has 0 bridgehead atoms. The summed E-state index contributed by atoms with van der Waals surface area (Å²) in [6.07, 6.45) is 8.30. The topological polar surface area (TPSA) is 48.6 Å². The van der Waals surface area contributed by atoms with Crippen LogP contribution in [-0.4, -0.2) is 34.7 Å². The molecule has 0 radical (unpaired) electrons. The van der Waals surface area contributed by atoms with Crippen molar-refractivity contribution in [1.29, 1.82) is 0 Å². The highest BCUT2D eigenvalue weighted by Gasteiger charge is 2.07. The Hall–Kier alpha value is -2.82. The maximum absolute atomic E-state index is 11.2. The van der Waals surface area contributed by atoms with Crippen molar-refractivity contribution in [3.8, 4) is 0 Å². The summed E-state index contributed by atoms with van der Waals surface area (Å²) in [6.45, 7) is 4.23. The minimum Gasteiger partial charge on any atom is -0.412 e. The third-order valence-electron chi connectivity index (χ3n) is 7.00. The van der Waals surface area contributed by atoms with E-state index in [9.17, 15) is 4.21 Å². The first-order valence-electron chi connectivity index (χ1n) is 15.7. The zero-order valence-electron chi connectivity index (χ0n) is 30.3. The Labute approximate surface area is 323 Å². The lowest BCUT2D eigenvalue weighted by Crippen LogP contribution is -1.94. The normalized spacial score (nSPS) is 10.9. The maximum atomic E-state index is 11.2. The van der Waals surface area contributed by atoms with E-state index in [0.717, 1.165) is 4.90 Å². The van der Waals surface area contributed by atoms with E-state index < -0.39 is 10.8 Å². The standard InChI is InChI=1S/C15H17S2.C14H14S2.C13H12OS2.H2O/c1-12-4-6-13(7-5-12)16-14-8-10-15(11-9-14)17(2)3;1-11-3-5-13(6-4-11)16-14-9-7-12(15-2)8-10-14;1-16(14)13-9-7-12(8-10-13)15-11-5-3-2-4-6-11;/h4-11H,1-3H3;3-10H,1-2H3;2-10H,1H3;1H2/q+1;;;/p+1. The quantitative estimate of drug-likeness (QED) is 0.108. The summed E-state index contributed by atoms with van der Waals surface area (Å²) in [6, 6.07) is 53.0. The van der Waals surface area contributed by atoms with Gasteiger partial charge in [0, 0.05) is 67.1 Å². The number of rotatable bonds is 9. The second-order valence-electron chi connectivity index (χ2n) is 11.1. The molecular formula is C42H46O2S6+2. The van der Waals surface area contributed by atoms with Crippen LogP contribution < -0.4 is 0 Å². The largest absolute Gasteiger partial charge is 1.00 e. The summed E-state index contributed by atoms with van der Waals surface area (Å²) in [7, 11) is -0.539.